The van der Waals surface area contributed by atoms with Crippen LogP contribution >= 0.6 is 11.3 Å². The number of rotatable bonds is 9. The van der Waals surface area contributed by atoms with Gasteiger partial charge in [-0.05, 0) is 29.8 Å². The average molecular weight is 441 g/mol. The van der Waals surface area contributed by atoms with Gasteiger partial charge in [-0.2, -0.15) is 13.2 Å². The number of alkyl halides is 3. The van der Waals surface area contributed by atoms with Gasteiger partial charge in [0.2, 0.25) is 0 Å². The highest BCUT2D eigenvalue weighted by Crippen LogP contribution is 2.19. The Labute approximate surface area is 173 Å². The molecule has 0 fully saturated rings. The Morgan fingerprint density at radius 1 is 1.13 bits per heavy atom. The van der Waals surface area contributed by atoms with E-state index in [2.05, 4.69) is 4.74 Å². The number of carboxylic acid groups (broad SMARTS) is 1. The molecule has 1 heterocycles. The number of hydrogen-bond acceptors (Lipinski definition) is 5. The van der Waals surface area contributed by atoms with Crippen molar-refractivity contribution < 1.29 is 32.5 Å². The second kappa shape index (κ2) is 9.31. The lowest BCUT2D eigenvalue weighted by atomic mass is 10.1. The molecule has 0 saturated carbocycles. The highest BCUT2D eigenvalue weighted by Gasteiger charge is 2.31. The molecular formula is C20H18F3NO5S. The Morgan fingerprint density at radius 2 is 1.83 bits per heavy atom. The lowest BCUT2D eigenvalue weighted by Gasteiger charge is -2.15. The van der Waals surface area contributed by atoms with Crippen molar-refractivity contribution in [3.63, 3.8) is 0 Å². The summed E-state index contributed by atoms with van der Waals surface area (Å²) in [4.78, 5) is 23.1. The second-order valence-corrected chi connectivity index (χ2v) is 7.43. The van der Waals surface area contributed by atoms with Crippen LogP contribution in [0.3, 0.4) is 0 Å². The number of fused-ring (bicyclic) bond motifs is 1. The molecule has 0 aliphatic heterocycles. The molecule has 0 bridgehead atoms. The number of halogens is 3. The fraction of sp³-hybridized carbons (Fsp3) is 0.300. The van der Waals surface area contributed by atoms with Crippen molar-refractivity contribution >= 4 is 27.5 Å². The predicted molar refractivity (Wildman–Crippen MR) is 105 cm³/mol. The third-order valence-corrected chi connectivity index (χ3v) is 5.19. The van der Waals surface area contributed by atoms with Crippen LogP contribution in [-0.2, 0) is 22.5 Å². The van der Waals surface area contributed by atoms with E-state index in [0.717, 1.165) is 21.6 Å². The van der Waals surface area contributed by atoms with Crippen LogP contribution in [-0.4, -0.2) is 41.1 Å². The zero-order valence-corrected chi connectivity index (χ0v) is 16.4. The summed E-state index contributed by atoms with van der Waals surface area (Å²) >= 11 is 1.16. The first-order valence-electron chi connectivity index (χ1n) is 8.94. The molecule has 0 radical (unpaired) electrons. The van der Waals surface area contributed by atoms with Crippen molar-refractivity contribution in [3.8, 4) is 5.75 Å². The summed E-state index contributed by atoms with van der Waals surface area (Å²) in [6, 6.07) is 13.8. The number of carboxylic acids is 1. The van der Waals surface area contributed by atoms with E-state index in [9.17, 15) is 22.8 Å². The molecule has 3 rings (SSSR count). The van der Waals surface area contributed by atoms with Gasteiger partial charge < -0.3 is 14.6 Å². The Morgan fingerprint density at radius 3 is 2.50 bits per heavy atom. The van der Waals surface area contributed by atoms with E-state index in [1.54, 1.807) is 28.8 Å². The van der Waals surface area contributed by atoms with Gasteiger partial charge in [-0.1, -0.05) is 35.6 Å². The first-order valence-corrected chi connectivity index (χ1v) is 9.76. The number of nitrogens with zero attached hydrogens (tertiary/aromatic N) is 1. The van der Waals surface area contributed by atoms with E-state index in [1.807, 2.05) is 24.3 Å². The van der Waals surface area contributed by atoms with Crippen molar-refractivity contribution in [2.75, 3.05) is 13.2 Å². The molecule has 160 valence electrons. The van der Waals surface area contributed by atoms with Crippen LogP contribution in [0.25, 0.3) is 10.2 Å². The highest BCUT2D eigenvalue weighted by molar-refractivity contribution is 7.16. The zero-order valence-electron chi connectivity index (χ0n) is 15.6. The van der Waals surface area contributed by atoms with Crippen LogP contribution in [0.2, 0.25) is 0 Å². The molecule has 1 aromatic heterocycles. The number of carbonyl (C=O) groups is 1. The average Bonchev–Trinajstić information content (AvgIpc) is 3.01. The SMILES string of the molecule is O=C(O)[C@@H](Cc1ccc(OCCn2c(=O)sc3ccccc32)cc1)OCC(F)(F)F. The van der Waals surface area contributed by atoms with Crippen LogP contribution in [0.1, 0.15) is 5.56 Å². The smallest absolute Gasteiger partial charge is 0.411 e. The van der Waals surface area contributed by atoms with Gasteiger partial charge in [-0.15, -0.1) is 0 Å². The molecule has 10 heteroatoms. The maximum atomic E-state index is 12.2. The summed E-state index contributed by atoms with van der Waals surface area (Å²) in [7, 11) is 0. The molecule has 0 amide bonds. The number of aliphatic carboxylic acids is 1. The van der Waals surface area contributed by atoms with E-state index in [0.29, 0.717) is 17.9 Å². The number of hydrogen-bond donors (Lipinski definition) is 1. The van der Waals surface area contributed by atoms with Crippen LogP contribution in [0.4, 0.5) is 13.2 Å². The molecule has 3 aromatic rings. The quantitative estimate of drug-likeness (QED) is 0.548. The number of aromatic nitrogens is 1. The largest absolute Gasteiger partial charge is 0.492 e. The van der Waals surface area contributed by atoms with Crippen molar-refractivity contribution in [1.29, 1.82) is 0 Å². The summed E-state index contributed by atoms with van der Waals surface area (Å²) in [6.07, 6.45) is -6.40. The maximum Gasteiger partial charge on any atom is 0.411 e. The number of benzene rings is 2. The minimum absolute atomic E-state index is 0.0753. The fourth-order valence-corrected chi connectivity index (χ4v) is 3.75. The minimum Gasteiger partial charge on any atom is -0.492 e. The van der Waals surface area contributed by atoms with Crippen molar-refractivity contribution in [3.05, 3.63) is 63.8 Å². The lowest BCUT2D eigenvalue weighted by molar-refractivity contribution is -0.192. The molecule has 1 N–H and O–H groups in total. The Kier molecular flexibility index (Phi) is 6.78. The summed E-state index contributed by atoms with van der Waals surface area (Å²) in [5.74, 6) is -0.970. The van der Waals surface area contributed by atoms with Gasteiger partial charge in [-0.3, -0.25) is 9.36 Å². The molecule has 0 aliphatic rings. The molecule has 0 aliphatic carbocycles. The minimum atomic E-state index is -4.60. The van der Waals surface area contributed by atoms with Gasteiger partial charge >= 0.3 is 17.0 Å². The van der Waals surface area contributed by atoms with E-state index >= 15 is 0 Å². The standard InChI is InChI=1S/C20H18F3NO5S/c21-20(22,23)12-29-16(18(25)26)11-13-5-7-14(8-6-13)28-10-9-24-15-3-1-2-4-17(15)30-19(24)27/h1-8,16H,9-12H2,(H,25,26)/t16-/m1/s1. The van der Waals surface area contributed by atoms with Gasteiger partial charge in [0, 0.05) is 6.42 Å². The lowest BCUT2D eigenvalue weighted by Crippen LogP contribution is -2.31. The predicted octanol–water partition coefficient (Wildman–Crippen LogP) is 3.72. The third kappa shape index (κ3) is 5.83. The van der Waals surface area contributed by atoms with E-state index in [-0.39, 0.29) is 17.9 Å². The monoisotopic (exact) mass is 441 g/mol. The molecule has 6 nitrogen and oxygen atoms in total. The topological polar surface area (TPSA) is 77.8 Å². The van der Waals surface area contributed by atoms with Crippen LogP contribution < -0.4 is 9.61 Å². The Balaban J connectivity index is 1.55. The summed E-state index contributed by atoms with van der Waals surface area (Å²) in [5, 5.41) is 9.05. The van der Waals surface area contributed by atoms with Crippen LogP contribution in [0.15, 0.2) is 53.3 Å². The van der Waals surface area contributed by atoms with Crippen LogP contribution in [0, 0.1) is 0 Å². The number of thiazole rings is 1. The summed E-state index contributed by atoms with van der Waals surface area (Å²) < 4.78 is 49.4. The second-order valence-electron chi connectivity index (χ2n) is 6.44. The Bertz CT molecular complexity index is 1060. The van der Waals surface area contributed by atoms with E-state index in [4.69, 9.17) is 9.84 Å². The normalized spacial score (nSPS) is 12.8. The van der Waals surface area contributed by atoms with Crippen molar-refractivity contribution in [2.24, 2.45) is 0 Å². The van der Waals surface area contributed by atoms with Gasteiger partial charge in [-0.25, -0.2) is 4.79 Å². The van der Waals surface area contributed by atoms with Crippen molar-refractivity contribution in [1.82, 2.24) is 4.57 Å². The van der Waals surface area contributed by atoms with Gasteiger partial charge in [0.05, 0.1) is 16.8 Å². The molecule has 1 atom stereocenters. The highest BCUT2D eigenvalue weighted by atomic mass is 32.1. The maximum absolute atomic E-state index is 12.2. The summed E-state index contributed by atoms with van der Waals surface area (Å²) in [5.41, 5.74) is 1.34. The molecular weight excluding hydrogens is 423 g/mol. The fourth-order valence-electron chi connectivity index (χ4n) is 2.83. The number of para-hydroxylation sites is 1. The van der Waals surface area contributed by atoms with Crippen molar-refractivity contribution in [2.45, 2.75) is 25.2 Å². The number of ether oxygens (including phenoxy) is 2. The van der Waals surface area contributed by atoms with Gasteiger partial charge in [0.1, 0.15) is 19.0 Å². The summed E-state index contributed by atoms with van der Waals surface area (Å²) in [6.45, 7) is -1.02. The first-order chi connectivity index (χ1) is 14.2. The van der Waals surface area contributed by atoms with Crippen LogP contribution in [0.5, 0.6) is 5.75 Å². The van der Waals surface area contributed by atoms with Gasteiger partial charge in [0.15, 0.2) is 6.10 Å². The molecule has 0 unspecified atom stereocenters. The van der Waals surface area contributed by atoms with E-state index in [1.165, 1.54) is 0 Å². The Hall–Kier alpha value is -2.85. The molecule has 30 heavy (non-hydrogen) atoms. The molecule has 0 saturated heterocycles. The molecule has 2 aromatic carbocycles. The zero-order chi connectivity index (χ0) is 21.7. The first kappa shape index (κ1) is 21.8. The van der Waals surface area contributed by atoms with Gasteiger partial charge in [0.25, 0.3) is 0 Å². The van der Waals surface area contributed by atoms with E-state index < -0.39 is 24.9 Å². The third-order valence-electron chi connectivity index (χ3n) is 4.23. The molecule has 0 spiro atoms.